The topological polar surface area (TPSA) is 166 Å². The van der Waals surface area contributed by atoms with Gasteiger partial charge in [0, 0.05) is 30.1 Å². The number of hydrogen-bond acceptors (Lipinski definition) is 8. The van der Waals surface area contributed by atoms with Gasteiger partial charge in [0.15, 0.2) is 0 Å². The Bertz CT molecular complexity index is 1900. The molecule has 47 heavy (non-hydrogen) atoms. The van der Waals surface area contributed by atoms with Gasteiger partial charge in [-0.1, -0.05) is 36.4 Å². The molecule has 5 heterocycles. The minimum absolute atomic E-state index is 0.0333. The van der Waals surface area contributed by atoms with Crippen LogP contribution in [0.2, 0.25) is 0 Å². The molecule has 0 saturated carbocycles. The van der Waals surface area contributed by atoms with Gasteiger partial charge >= 0.3 is 7.60 Å². The van der Waals surface area contributed by atoms with E-state index in [0.29, 0.717) is 54.1 Å². The molecular weight excluding hydrogens is 648 g/mol. The third kappa shape index (κ3) is 5.88. The average Bonchev–Trinajstić information content (AvgIpc) is 3.75. The highest BCUT2D eigenvalue weighted by Gasteiger charge is 2.52. The minimum Gasteiger partial charge on any atom is -0.423 e. The number of fused-ring (bicyclic) bond motifs is 2. The van der Waals surface area contributed by atoms with Gasteiger partial charge in [-0.25, -0.2) is 4.39 Å². The van der Waals surface area contributed by atoms with Crippen LogP contribution in [-0.2, 0) is 14.2 Å². The summed E-state index contributed by atoms with van der Waals surface area (Å²) >= 11 is 1.13. The predicted octanol–water partition coefficient (Wildman–Crippen LogP) is 4.75. The van der Waals surface area contributed by atoms with Crippen molar-refractivity contribution >= 4 is 46.7 Å². The van der Waals surface area contributed by atoms with Crippen LogP contribution in [0.5, 0.6) is 0 Å². The van der Waals surface area contributed by atoms with Crippen molar-refractivity contribution in [3.63, 3.8) is 0 Å². The lowest BCUT2D eigenvalue weighted by Crippen LogP contribution is -2.59. The number of rotatable bonds is 7. The summed E-state index contributed by atoms with van der Waals surface area (Å²) in [6.45, 7) is 2.15. The summed E-state index contributed by atoms with van der Waals surface area (Å²) in [4.78, 5) is 63.8. The zero-order valence-electron chi connectivity index (χ0n) is 25.4. The predicted molar refractivity (Wildman–Crippen MR) is 169 cm³/mol. The van der Waals surface area contributed by atoms with Gasteiger partial charge in [0.2, 0.25) is 29.5 Å². The van der Waals surface area contributed by atoms with Crippen LogP contribution in [0, 0.1) is 6.92 Å². The van der Waals surface area contributed by atoms with E-state index in [1.165, 1.54) is 24.3 Å². The molecule has 2 aromatic carbocycles. The molecule has 6 atom stereocenters. The van der Waals surface area contributed by atoms with E-state index in [9.17, 15) is 33.1 Å². The zero-order valence-corrected chi connectivity index (χ0v) is 27.1. The molecule has 3 amide bonds. The lowest BCUT2D eigenvalue weighted by molar-refractivity contribution is -0.153. The maximum atomic E-state index is 14.3. The van der Waals surface area contributed by atoms with Gasteiger partial charge in [0.25, 0.3) is 5.91 Å². The van der Waals surface area contributed by atoms with Crippen molar-refractivity contribution in [2.24, 2.45) is 0 Å². The number of aryl methyl sites for hydroxylation is 1. The van der Waals surface area contributed by atoms with Crippen LogP contribution >= 0.6 is 18.9 Å². The van der Waals surface area contributed by atoms with E-state index in [0.717, 1.165) is 23.3 Å². The number of carbonyl (C=O) groups is 3. The van der Waals surface area contributed by atoms with E-state index in [1.807, 2.05) is 30.3 Å². The maximum absolute atomic E-state index is 14.3. The second kappa shape index (κ2) is 12.2. The van der Waals surface area contributed by atoms with Crippen LogP contribution in [0.15, 0.2) is 59.0 Å². The van der Waals surface area contributed by atoms with E-state index < -0.39 is 37.5 Å². The molecule has 3 aliphatic rings. The monoisotopic (exact) mass is 681 g/mol. The molecule has 246 valence electrons. The van der Waals surface area contributed by atoms with Gasteiger partial charge in [-0.15, -0.1) is 21.5 Å². The van der Waals surface area contributed by atoms with Gasteiger partial charge in [0.1, 0.15) is 18.1 Å². The zero-order chi connectivity index (χ0) is 33.0. The Kier molecular flexibility index (Phi) is 8.23. The maximum Gasteiger partial charge on any atom is 0.363 e. The molecule has 4 aromatic rings. The summed E-state index contributed by atoms with van der Waals surface area (Å²) in [5.74, 6) is -2.71. The first-order chi connectivity index (χ1) is 22.5. The molecule has 12 nitrogen and oxygen atoms in total. The Labute approximate surface area is 273 Å². The summed E-state index contributed by atoms with van der Waals surface area (Å²) < 4.78 is 32.1. The first-order valence-corrected chi connectivity index (χ1v) is 18.0. The average molecular weight is 682 g/mol. The number of carbonyl (C=O) groups excluding carboxylic acids is 3. The molecule has 0 spiro atoms. The molecule has 2 aromatic heterocycles. The Balaban J connectivity index is 1.09. The molecule has 7 rings (SSSR count). The van der Waals surface area contributed by atoms with Crippen LogP contribution in [-0.4, -0.2) is 72.2 Å². The summed E-state index contributed by atoms with van der Waals surface area (Å²) in [6.07, 6.45) is 3.03. The number of nitrogens with one attached hydrogen (secondary N) is 1. The number of nitrogens with zero attached hydrogens (tertiary/aromatic N) is 4. The first kappa shape index (κ1) is 31.6. The quantitative estimate of drug-likeness (QED) is 0.234. The molecule has 3 aliphatic heterocycles. The van der Waals surface area contributed by atoms with Crippen molar-refractivity contribution in [2.45, 2.75) is 75.0 Å². The number of thiophene rings is 1. The van der Waals surface area contributed by atoms with Gasteiger partial charge in [-0.3, -0.25) is 18.9 Å². The fraction of sp³-hybridized carbons (Fsp3) is 0.406. The summed E-state index contributed by atoms with van der Waals surface area (Å²) in [7, 11) is -4.99. The lowest BCUT2D eigenvalue weighted by Gasteiger charge is -2.48. The minimum atomic E-state index is -4.99. The normalized spacial score (nSPS) is 25.3. The Morgan fingerprint density at radius 3 is 2.60 bits per heavy atom. The highest BCUT2D eigenvalue weighted by atomic mass is 32.1. The smallest absolute Gasteiger partial charge is 0.363 e. The number of aromatic nitrogens is 2. The second-order valence-corrected chi connectivity index (χ2v) is 15.1. The van der Waals surface area contributed by atoms with Crippen molar-refractivity contribution in [3.05, 3.63) is 82.4 Å². The van der Waals surface area contributed by atoms with Crippen LogP contribution in [0.1, 0.15) is 82.6 Å². The molecule has 0 aliphatic carbocycles. The Hall–Kier alpha value is -3.97. The Morgan fingerprint density at radius 1 is 1.09 bits per heavy atom. The molecule has 1 unspecified atom stereocenters. The lowest BCUT2D eigenvalue weighted by atomic mass is 9.81. The standard InChI is InChI=1S/C32H33FN5O7PS/c1-17-35-36-30(45-17)27-22(18-6-3-2-4-7-18)16-37(27)32(41)24-12-11-21-8-5-9-23(31(40)38(21)24)34-29(39)26-15-20-14-19(10-13-25(20)47-26)28(33)46(42,43)44/h2-4,6-7,10,13-15,21-24,27-28H,5,8-9,11-12,16H2,1H3,(H,34,39)(H2,42,43,44)/t21-,22-,23-,24-,27+,28?/m0/s1. The van der Waals surface area contributed by atoms with Crippen molar-refractivity contribution in [3.8, 4) is 0 Å². The summed E-state index contributed by atoms with van der Waals surface area (Å²) in [6, 6.07) is 13.4. The Morgan fingerprint density at radius 2 is 1.87 bits per heavy atom. The molecule has 3 N–H and O–H groups in total. The highest BCUT2D eigenvalue weighted by Crippen LogP contribution is 2.53. The van der Waals surface area contributed by atoms with E-state index >= 15 is 0 Å². The number of hydrogen-bond donors (Lipinski definition) is 3. The number of likely N-dealkylation sites (tertiary alicyclic amines) is 1. The largest absolute Gasteiger partial charge is 0.423 e. The second-order valence-electron chi connectivity index (χ2n) is 12.4. The summed E-state index contributed by atoms with van der Waals surface area (Å²) in [5, 5.41) is 11.6. The van der Waals surface area contributed by atoms with Crippen LogP contribution in [0.4, 0.5) is 4.39 Å². The molecule has 3 fully saturated rings. The number of alkyl halides is 1. The molecule has 3 saturated heterocycles. The first-order valence-electron chi connectivity index (χ1n) is 15.5. The van der Waals surface area contributed by atoms with Gasteiger partial charge in [-0.05, 0) is 66.8 Å². The van der Waals surface area contributed by atoms with Gasteiger partial charge in [-0.2, -0.15) is 0 Å². The molecular formula is C32H33FN5O7PS. The van der Waals surface area contributed by atoms with E-state index in [1.54, 1.807) is 16.7 Å². The van der Waals surface area contributed by atoms with Crippen molar-refractivity contribution < 1.29 is 37.5 Å². The van der Waals surface area contributed by atoms with E-state index in [2.05, 4.69) is 15.5 Å². The van der Waals surface area contributed by atoms with Crippen LogP contribution in [0.25, 0.3) is 10.1 Å². The molecule has 15 heteroatoms. The van der Waals surface area contributed by atoms with Crippen molar-refractivity contribution in [2.75, 3.05) is 6.54 Å². The number of amides is 3. The van der Waals surface area contributed by atoms with Gasteiger partial charge < -0.3 is 29.3 Å². The third-order valence-corrected chi connectivity index (χ3v) is 11.4. The van der Waals surface area contributed by atoms with Crippen molar-refractivity contribution in [1.82, 2.24) is 25.3 Å². The highest BCUT2D eigenvalue weighted by molar-refractivity contribution is 7.51. The van der Waals surface area contributed by atoms with Crippen LogP contribution in [0.3, 0.4) is 0 Å². The van der Waals surface area contributed by atoms with Crippen molar-refractivity contribution in [1.29, 1.82) is 0 Å². The van der Waals surface area contributed by atoms with Crippen LogP contribution < -0.4 is 5.32 Å². The molecule has 0 bridgehead atoms. The SMILES string of the molecule is Cc1nnc([C@H]2[C@H](c3ccccc3)CN2C(=O)[C@@H]2CC[C@@H]3CCC[C@H](NC(=O)c4cc5cc(C(F)P(=O)(O)O)ccc5s4)C(=O)N32)o1. The molecule has 0 radical (unpaired) electrons. The number of halogens is 1. The van der Waals surface area contributed by atoms with Gasteiger partial charge in [0.05, 0.1) is 4.88 Å². The summed E-state index contributed by atoms with van der Waals surface area (Å²) in [5.41, 5.74) is 0.873. The van der Waals surface area contributed by atoms with E-state index in [4.69, 9.17) is 4.42 Å². The fourth-order valence-corrected chi connectivity index (χ4v) is 8.63. The van der Waals surface area contributed by atoms with E-state index in [-0.39, 0.29) is 34.2 Å². The third-order valence-electron chi connectivity index (χ3n) is 9.43. The number of benzene rings is 2. The fourth-order valence-electron chi connectivity index (χ4n) is 7.13.